The van der Waals surface area contributed by atoms with Crippen LogP contribution in [-0.4, -0.2) is 27.2 Å². The number of aliphatic hydroxyl groups is 1. The largest absolute Gasteiger partial charge is 0.396 e. The lowest BCUT2D eigenvalue weighted by Gasteiger charge is -2.29. The van der Waals surface area contributed by atoms with E-state index >= 15 is 0 Å². The van der Waals surface area contributed by atoms with Gasteiger partial charge in [-0.2, -0.15) is 0 Å². The van der Waals surface area contributed by atoms with Crippen molar-refractivity contribution in [1.29, 1.82) is 0 Å². The molecule has 1 heterocycles. The van der Waals surface area contributed by atoms with Crippen LogP contribution in [0, 0.1) is 3.57 Å². The lowest BCUT2D eigenvalue weighted by Crippen LogP contribution is -2.35. The topological polar surface area (TPSA) is 58.0 Å². The van der Waals surface area contributed by atoms with Gasteiger partial charge in [-0.05, 0) is 42.4 Å². The van der Waals surface area contributed by atoms with Gasteiger partial charge in [-0.15, -0.1) is 0 Å². The Morgan fingerprint density at radius 1 is 1.60 bits per heavy atom. The molecule has 5 heteroatoms. The normalized spacial score (nSPS) is 14.7. The Balaban J connectivity index is 2.79. The Hall–Kier alpha value is -0.430. The number of hydrogen-bond acceptors (Lipinski definition) is 4. The molecule has 1 rings (SSSR count). The van der Waals surface area contributed by atoms with Crippen molar-refractivity contribution in [3.63, 3.8) is 0 Å². The van der Waals surface area contributed by atoms with Gasteiger partial charge in [-0.1, -0.05) is 6.92 Å². The molecule has 0 amide bonds. The van der Waals surface area contributed by atoms with E-state index < -0.39 is 0 Å². The minimum Gasteiger partial charge on any atom is -0.396 e. The van der Waals surface area contributed by atoms with Crippen LogP contribution in [0.4, 0.5) is 5.82 Å². The van der Waals surface area contributed by atoms with Crippen molar-refractivity contribution in [2.24, 2.45) is 0 Å². The first-order valence-corrected chi connectivity index (χ1v) is 6.04. The molecule has 2 N–H and O–H groups in total. The first-order valence-electron chi connectivity index (χ1n) is 4.96. The van der Waals surface area contributed by atoms with Crippen LogP contribution in [0.3, 0.4) is 0 Å². The minimum absolute atomic E-state index is 0.108. The molecular weight excluding hydrogens is 305 g/mol. The number of aliphatic hydroxyl groups excluding tert-OH is 1. The maximum absolute atomic E-state index is 9.01. The summed E-state index contributed by atoms with van der Waals surface area (Å²) >= 11 is 2.20. The van der Waals surface area contributed by atoms with Crippen LogP contribution in [0.2, 0.25) is 0 Å². The number of anilines is 1. The van der Waals surface area contributed by atoms with E-state index in [1.807, 2.05) is 0 Å². The quantitative estimate of drug-likeness (QED) is 0.815. The molecule has 0 radical (unpaired) electrons. The van der Waals surface area contributed by atoms with Crippen LogP contribution in [0.25, 0.3) is 0 Å². The summed E-state index contributed by atoms with van der Waals surface area (Å²) in [4.78, 5) is 8.12. The Kier molecular flexibility index (Phi) is 4.72. The van der Waals surface area contributed by atoms with Gasteiger partial charge in [0.05, 0.1) is 3.57 Å². The molecule has 0 aliphatic heterocycles. The molecule has 1 unspecified atom stereocenters. The van der Waals surface area contributed by atoms with Crippen LogP contribution in [0.15, 0.2) is 12.5 Å². The van der Waals surface area contributed by atoms with Crippen LogP contribution in [-0.2, 0) is 0 Å². The van der Waals surface area contributed by atoms with Crippen LogP contribution < -0.4 is 5.32 Å². The third kappa shape index (κ3) is 3.57. The van der Waals surface area contributed by atoms with E-state index in [0.29, 0.717) is 6.42 Å². The maximum atomic E-state index is 9.01. The van der Waals surface area contributed by atoms with Crippen molar-refractivity contribution in [1.82, 2.24) is 9.97 Å². The van der Waals surface area contributed by atoms with Gasteiger partial charge in [0.25, 0.3) is 0 Å². The first-order chi connectivity index (χ1) is 7.11. The number of nitrogens with one attached hydrogen (secondary N) is 1. The SMILES string of the molecule is CCC(C)(CCO)Nc1ncncc1I. The Morgan fingerprint density at radius 3 is 2.87 bits per heavy atom. The highest BCUT2D eigenvalue weighted by atomic mass is 127. The average Bonchev–Trinajstić information content (AvgIpc) is 2.22. The molecule has 0 bridgehead atoms. The highest BCUT2D eigenvalue weighted by Crippen LogP contribution is 2.22. The zero-order valence-electron chi connectivity index (χ0n) is 9.00. The van der Waals surface area contributed by atoms with Gasteiger partial charge in [0.2, 0.25) is 0 Å². The zero-order valence-corrected chi connectivity index (χ0v) is 11.2. The molecule has 84 valence electrons. The van der Waals surface area contributed by atoms with Crippen molar-refractivity contribution in [3.8, 4) is 0 Å². The Morgan fingerprint density at radius 2 is 2.33 bits per heavy atom. The smallest absolute Gasteiger partial charge is 0.143 e. The van der Waals surface area contributed by atoms with Crippen molar-refractivity contribution in [2.45, 2.75) is 32.2 Å². The predicted octanol–water partition coefficient (Wildman–Crippen LogP) is 2.04. The fourth-order valence-corrected chi connectivity index (χ4v) is 1.70. The highest BCUT2D eigenvalue weighted by molar-refractivity contribution is 14.1. The highest BCUT2D eigenvalue weighted by Gasteiger charge is 2.22. The first kappa shape index (κ1) is 12.6. The summed E-state index contributed by atoms with van der Waals surface area (Å²) in [6.45, 7) is 4.36. The second-order valence-corrected chi connectivity index (χ2v) is 4.89. The molecule has 0 aromatic carbocycles. The van der Waals surface area contributed by atoms with Crippen LogP contribution in [0.5, 0.6) is 0 Å². The summed E-state index contributed by atoms with van der Waals surface area (Å²) in [6.07, 6.45) is 4.95. The van der Waals surface area contributed by atoms with Crippen LogP contribution in [0.1, 0.15) is 26.7 Å². The summed E-state index contributed by atoms with van der Waals surface area (Å²) in [5, 5.41) is 12.4. The Bertz CT molecular complexity index is 321. The van der Waals surface area contributed by atoms with Crippen molar-refractivity contribution >= 4 is 28.4 Å². The molecule has 1 aromatic rings. The van der Waals surface area contributed by atoms with E-state index in [4.69, 9.17) is 5.11 Å². The van der Waals surface area contributed by atoms with Gasteiger partial charge >= 0.3 is 0 Å². The third-order valence-corrected chi connectivity index (χ3v) is 3.32. The van der Waals surface area contributed by atoms with Crippen molar-refractivity contribution in [2.75, 3.05) is 11.9 Å². The van der Waals surface area contributed by atoms with Crippen LogP contribution >= 0.6 is 22.6 Å². The summed E-state index contributed by atoms with van der Waals surface area (Å²) in [5.74, 6) is 0.836. The molecule has 0 saturated heterocycles. The number of halogens is 1. The summed E-state index contributed by atoms with van der Waals surface area (Å²) in [6, 6.07) is 0. The van der Waals surface area contributed by atoms with E-state index in [0.717, 1.165) is 15.8 Å². The molecular formula is C10H16IN3O. The molecule has 15 heavy (non-hydrogen) atoms. The zero-order chi connectivity index (χ0) is 11.3. The molecule has 1 atom stereocenters. The molecule has 0 fully saturated rings. The summed E-state index contributed by atoms with van der Waals surface area (Å²) < 4.78 is 0.993. The standard InChI is InChI=1S/C10H16IN3O/c1-3-10(2,4-5-15)14-9-8(11)6-12-7-13-9/h6-7,15H,3-5H2,1-2H3,(H,12,13,14). The number of rotatable bonds is 5. The lowest BCUT2D eigenvalue weighted by molar-refractivity contribution is 0.251. The number of aromatic nitrogens is 2. The van der Waals surface area contributed by atoms with E-state index in [1.165, 1.54) is 6.33 Å². The van der Waals surface area contributed by atoms with Gasteiger partial charge in [-0.25, -0.2) is 9.97 Å². The van der Waals surface area contributed by atoms with Gasteiger partial charge in [0.1, 0.15) is 12.1 Å². The molecule has 4 nitrogen and oxygen atoms in total. The molecule has 0 saturated carbocycles. The maximum Gasteiger partial charge on any atom is 0.143 e. The second-order valence-electron chi connectivity index (χ2n) is 3.73. The number of hydrogen-bond donors (Lipinski definition) is 2. The van der Waals surface area contributed by atoms with Crippen molar-refractivity contribution < 1.29 is 5.11 Å². The van der Waals surface area contributed by atoms with Gasteiger partial charge in [0.15, 0.2) is 0 Å². The summed E-state index contributed by atoms with van der Waals surface area (Å²) in [5.41, 5.74) is -0.108. The predicted molar refractivity (Wildman–Crippen MR) is 68.8 cm³/mol. The van der Waals surface area contributed by atoms with Gasteiger partial charge in [-0.3, -0.25) is 0 Å². The molecule has 0 aliphatic carbocycles. The molecule has 1 aromatic heterocycles. The molecule has 0 aliphatic rings. The van der Waals surface area contributed by atoms with Crippen molar-refractivity contribution in [3.05, 3.63) is 16.1 Å². The van der Waals surface area contributed by atoms with E-state index in [9.17, 15) is 0 Å². The lowest BCUT2D eigenvalue weighted by atomic mass is 9.95. The van der Waals surface area contributed by atoms with E-state index in [1.54, 1.807) is 6.20 Å². The van der Waals surface area contributed by atoms with E-state index in [2.05, 4.69) is 51.7 Å². The molecule has 0 spiro atoms. The van der Waals surface area contributed by atoms with Gasteiger partial charge < -0.3 is 10.4 Å². The Labute approximate surface area is 104 Å². The number of nitrogens with zero attached hydrogens (tertiary/aromatic N) is 2. The fourth-order valence-electron chi connectivity index (χ4n) is 1.26. The van der Waals surface area contributed by atoms with E-state index in [-0.39, 0.29) is 12.1 Å². The monoisotopic (exact) mass is 321 g/mol. The summed E-state index contributed by atoms with van der Waals surface area (Å²) in [7, 11) is 0. The minimum atomic E-state index is -0.108. The average molecular weight is 321 g/mol. The second kappa shape index (κ2) is 5.60. The fraction of sp³-hybridized carbons (Fsp3) is 0.600. The third-order valence-electron chi connectivity index (χ3n) is 2.53. The van der Waals surface area contributed by atoms with Gasteiger partial charge in [0, 0.05) is 18.3 Å².